The van der Waals surface area contributed by atoms with E-state index in [0.717, 1.165) is 51.2 Å². The van der Waals surface area contributed by atoms with E-state index in [1.54, 1.807) is 39.3 Å². The number of imide groups is 1. The van der Waals surface area contributed by atoms with Gasteiger partial charge in [0.25, 0.3) is 11.8 Å². The van der Waals surface area contributed by atoms with Gasteiger partial charge in [-0.2, -0.15) is 0 Å². The molecule has 6 heterocycles. The molecule has 2 atom stereocenters. The smallest absolute Gasteiger partial charge is 0.410 e. The van der Waals surface area contributed by atoms with E-state index in [9.17, 15) is 48.3 Å². The average molecular weight is 1780 g/mol. The molecule has 0 fully saturated rings. The van der Waals surface area contributed by atoms with Crippen LogP contribution in [0.2, 0.25) is 0 Å². The third-order valence-electron chi connectivity index (χ3n) is 18.9. The van der Waals surface area contributed by atoms with Gasteiger partial charge in [-0.05, 0) is 105 Å². The number of fused-ring (bicyclic) bond motifs is 2. The number of carboxylic acid groups (broad SMARTS) is 1. The Balaban J connectivity index is 0.753. The van der Waals surface area contributed by atoms with E-state index >= 15 is 4.39 Å². The van der Waals surface area contributed by atoms with Crippen LogP contribution >= 0.6 is 22.7 Å². The predicted octanol–water partition coefficient (Wildman–Crippen LogP) is 6.62. The van der Waals surface area contributed by atoms with Crippen molar-refractivity contribution in [2.24, 2.45) is 11.7 Å². The van der Waals surface area contributed by atoms with Crippen LogP contribution in [0.1, 0.15) is 94.8 Å². The van der Waals surface area contributed by atoms with Crippen LogP contribution in [0.15, 0.2) is 79.0 Å². The van der Waals surface area contributed by atoms with Crippen molar-refractivity contribution in [3.05, 3.63) is 129 Å². The summed E-state index contributed by atoms with van der Waals surface area (Å²) < 4.78 is 84.5. The number of nitrogens with zero attached hydrogens (tertiary/aromatic N) is 11. The van der Waals surface area contributed by atoms with Gasteiger partial charge >= 0.3 is 24.2 Å². The van der Waals surface area contributed by atoms with E-state index in [-0.39, 0.29) is 114 Å². The molecule has 0 saturated heterocycles. The van der Waals surface area contributed by atoms with E-state index < -0.39 is 77.5 Å². The fourth-order valence-electron chi connectivity index (χ4n) is 12.3. The van der Waals surface area contributed by atoms with Crippen LogP contribution in [0, 0.1) is 30.5 Å². The molecule has 676 valence electrons. The number of thiazole rings is 2. The monoisotopic (exact) mass is 1780 g/mol. The van der Waals surface area contributed by atoms with Gasteiger partial charge in [0.05, 0.1) is 155 Å². The van der Waals surface area contributed by atoms with Crippen LogP contribution in [-0.4, -0.2) is 287 Å². The van der Waals surface area contributed by atoms with Crippen molar-refractivity contribution < 1.29 is 109 Å². The highest BCUT2D eigenvalue weighted by Gasteiger charge is 2.32. The van der Waals surface area contributed by atoms with E-state index in [2.05, 4.69) is 68.9 Å². The molecule has 0 saturated carbocycles. The molecule has 39 nitrogen and oxygen atoms in total. The summed E-state index contributed by atoms with van der Waals surface area (Å²) in [5.74, 6) is 1.56. The molecule has 7 aromatic rings. The van der Waals surface area contributed by atoms with Crippen molar-refractivity contribution in [1.82, 2.24) is 65.8 Å². The summed E-state index contributed by atoms with van der Waals surface area (Å²) in [6, 6.07) is 13.4. The number of urea groups is 1. The van der Waals surface area contributed by atoms with Gasteiger partial charge in [-0.15, -0.1) is 26.6 Å². The number of nitrogens with two attached hydrogens (primary N) is 1. The number of rotatable bonds is 56. The lowest BCUT2D eigenvalue weighted by Crippen LogP contribution is -2.54. The van der Waals surface area contributed by atoms with E-state index in [4.69, 9.17) is 62.6 Å². The Labute approximate surface area is 730 Å². The first kappa shape index (κ1) is 97.3. The number of aromatic nitrogens is 7. The standard InChI is InChI=1S/C83H108FN17O22S2/c1-55(2)72(90-69(102)25-32-113-34-30-100-70(103)23-24-71(100)104)77(106)88-65(16-9-26-86-79(85)109)76(105)87-60-21-20-58(59(50-60)51-98(5)83(111)123-54-61-52-99(96-93-61)29-33-114-37-38-116-41-42-118-45-46-120-48-47-119-44-43-117-40-39-115-36-35-112-6)53-122-82(110)97(4)27-10-13-57-19-22-66(63(84)49-57)121-31-12-18-68-73(78(107)108)91-81(125-68)101-28-11-14-62-56(3)74(94-95-75(62)101)92-80-89-64-15-7-8-17-67(64)124-80/h7-8,15,17,19-24,49-50,52,55,65,72H,9,11-12,14,16,18,25-48,51,53-54H2,1-6H3,(H,87,105)(H,88,106)(H,90,102)(H,107,108)(H3,85,86,109)(H,89,92,94)/t65-,72-/m0/s1. The highest BCUT2D eigenvalue weighted by Crippen LogP contribution is 2.39. The van der Waals surface area contributed by atoms with Crippen molar-refractivity contribution in [3.8, 4) is 17.6 Å². The Morgan fingerprint density at radius 1 is 0.704 bits per heavy atom. The number of aryl methyl sites for hydroxylation is 1. The normalized spacial score (nSPS) is 12.8. The third kappa shape index (κ3) is 32.5. The summed E-state index contributed by atoms with van der Waals surface area (Å²) >= 11 is 2.76. The molecule has 2 aliphatic heterocycles. The Hall–Kier alpha value is -11.5. The molecule has 4 aromatic heterocycles. The summed E-state index contributed by atoms with van der Waals surface area (Å²) in [5.41, 5.74) is 9.53. The summed E-state index contributed by atoms with van der Waals surface area (Å²) in [4.78, 5) is 132. The lowest BCUT2D eigenvalue weighted by molar-refractivity contribution is -0.138. The van der Waals surface area contributed by atoms with Crippen LogP contribution in [0.4, 0.5) is 46.4 Å². The third-order valence-corrected chi connectivity index (χ3v) is 21.0. The zero-order chi connectivity index (χ0) is 89.2. The van der Waals surface area contributed by atoms with Crippen molar-refractivity contribution in [2.45, 2.75) is 104 Å². The van der Waals surface area contributed by atoms with Crippen LogP contribution in [0.25, 0.3) is 10.2 Å². The van der Waals surface area contributed by atoms with Crippen LogP contribution in [0.3, 0.4) is 0 Å². The first-order valence-electron chi connectivity index (χ1n) is 40.8. The summed E-state index contributed by atoms with van der Waals surface area (Å²) in [6.07, 6.45) is 4.38. The minimum absolute atomic E-state index is 0.0196. The van der Waals surface area contributed by atoms with Crippen LogP contribution < -0.4 is 42.0 Å². The topological polar surface area (TPSA) is 466 Å². The van der Waals surface area contributed by atoms with Gasteiger partial charge in [-0.1, -0.05) is 60.4 Å². The molecular weight excluding hydrogens is 1670 g/mol. The van der Waals surface area contributed by atoms with Gasteiger partial charge < -0.3 is 109 Å². The maximum atomic E-state index is 15.6. The molecule has 0 bridgehead atoms. The number of methoxy groups -OCH3 is 1. The van der Waals surface area contributed by atoms with E-state index in [0.29, 0.717) is 156 Å². The molecule has 0 spiro atoms. The second kappa shape index (κ2) is 52.3. The number of anilines is 5. The number of nitrogens with one attached hydrogen (secondary N) is 5. The molecule has 3 aromatic carbocycles. The van der Waals surface area contributed by atoms with Gasteiger partial charge in [-0.25, -0.2) is 38.2 Å². The van der Waals surface area contributed by atoms with Crippen molar-refractivity contribution >= 4 is 114 Å². The molecule has 42 heteroatoms. The molecule has 9 amide bonds. The van der Waals surface area contributed by atoms with Crippen molar-refractivity contribution in [3.63, 3.8) is 0 Å². The number of carbonyl (C=O) groups is 9. The highest BCUT2D eigenvalue weighted by molar-refractivity contribution is 7.22. The Morgan fingerprint density at radius 2 is 1.36 bits per heavy atom. The Morgan fingerprint density at radius 3 is 2.02 bits per heavy atom. The number of aromatic carboxylic acids is 1. The van der Waals surface area contributed by atoms with Gasteiger partial charge in [0.2, 0.25) is 17.7 Å². The fourth-order valence-corrected chi connectivity index (χ4v) is 14.3. The minimum atomic E-state index is -1.26. The van der Waals surface area contributed by atoms with E-state index in [1.807, 2.05) is 36.1 Å². The number of hydrogen-bond acceptors (Lipinski definition) is 31. The number of para-hydroxylation sites is 1. The fraction of sp³-hybridized carbons (Fsp3) is 0.506. The second-order valence-electron chi connectivity index (χ2n) is 28.7. The zero-order valence-electron chi connectivity index (χ0n) is 70.8. The summed E-state index contributed by atoms with van der Waals surface area (Å²) in [7, 11) is 4.52. The van der Waals surface area contributed by atoms with Gasteiger partial charge in [0.1, 0.15) is 31.0 Å². The molecule has 8 N–H and O–H groups in total. The minimum Gasteiger partial charge on any atom is -0.491 e. The van der Waals surface area contributed by atoms with Crippen LogP contribution in [0.5, 0.6) is 5.75 Å². The Bertz CT molecular complexity index is 4760. The van der Waals surface area contributed by atoms with Gasteiger partial charge in [0.15, 0.2) is 39.2 Å². The maximum absolute atomic E-state index is 15.6. The molecule has 0 radical (unpaired) electrons. The number of primary amides is 1. The average Bonchev–Trinajstić information content (AvgIpc) is 1.66. The lowest BCUT2D eigenvalue weighted by atomic mass is 10.0. The number of hydrogen-bond donors (Lipinski definition) is 7. The van der Waals surface area contributed by atoms with Crippen LogP contribution in [-0.2, 0) is 115 Å². The summed E-state index contributed by atoms with van der Waals surface area (Å²) in [6.45, 7) is 11.6. The summed E-state index contributed by atoms with van der Waals surface area (Å²) in [5, 5.41) is 42.8. The molecule has 0 aliphatic carbocycles. The largest absolute Gasteiger partial charge is 0.491 e. The number of carbonyl (C=O) groups excluding carboxylic acids is 8. The van der Waals surface area contributed by atoms with Gasteiger partial charge in [-0.3, -0.25) is 28.9 Å². The second-order valence-corrected chi connectivity index (χ2v) is 30.8. The molecule has 2 aliphatic rings. The highest BCUT2D eigenvalue weighted by atomic mass is 32.1. The first-order chi connectivity index (χ1) is 60.5. The molecule has 9 rings (SSSR count). The zero-order valence-corrected chi connectivity index (χ0v) is 72.4. The predicted molar refractivity (Wildman–Crippen MR) is 455 cm³/mol. The quantitative estimate of drug-likeness (QED) is 0.0120. The van der Waals surface area contributed by atoms with E-state index in [1.165, 1.54) is 75.5 Å². The maximum Gasteiger partial charge on any atom is 0.410 e. The first-order valence-corrected chi connectivity index (χ1v) is 42.4. The Kier molecular flexibility index (Phi) is 40.7. The number of halogens is 1. The van der Waals surface area contributed by atoms with Crippen molar-refractivity contribution in [1.29, 1.82) is 0 Å². The lowest BCUT2D eigenvalue weighted by Gasteiger charge is -2.28. The molecular formula is C83H108FN17O22S2. The van der Waals surface area contributed by atoms with Gasteiger partial charge in [0, 0.05) is 86.7 Å². The SMILES string of the molecule is COCCOCCOCCOCCOCCOCCOCCOCCn1cc(COC(=O)N(C)Cc2cc(NC(=O)[C@H](CCCNC(N)=O)NC(=O)[C@@H](NC(=O)CCOCCN3C(=O)C=CC3=O)C(C)C)ccc2COC(=O)N(C)CC#Cc2ccc(OCCCc3sc(N4CCCc5c4nnc(Nc4nc6ccccc6s4)c5C)nc3C(=O)O)c(F)c2)nn1. The number of carboxylic acids is 1. The number of ether oxygens (including phenoxy) is 12. The number of amides is 9. The molecule has 125 heavy (non-hydrogen) atoms. The van der Waals surface area contributed by atoms with Crippen molar-refractivity contribution in [2.75, 3.05) is 182 Å². The molecule has 0 unspecified atom stereocenters. The number of benzene rings is 3.